The molecule has 1 atom stereocenters. The summed E-state index contributed by atoms with van der Waals surface area (Å²) in [5.41, 5.74) is 4.30. The maximum atomic E-state index is 11.5. The van der Waals surface area contributed by atoms with Crippen molar-refractivity contribution >= 4 is 23.5 Å². The van der Waals surface area contributed by atoms with Crippen molar-refractivity contribution in [2.24, 2.45) is 4.99 Å². The topological polar surface area (TPSA) is 57.6 Å². The standard InChI is InChI=1S/C23H24N4O/c1-17(26-22-12-11-21(24-2)14-20(22)16-28)27(3)23(18-8-5-4-6-9-18)19-10-7-13-25-15-19/h4-16,23-24H,1-3H3. The second-order valence-corrected chi connectivity index (χ2v) is 6.51. The SMILES string of the molecule is CNc1ccc(N=C(C)N(C)C(c2ccccc2)c2cccnc2)c(C=O)c1. The number of aromatic nitrogens is 1. The first-order valence-electron chi connectivity index (χ1n) is 9.14. The number of pyridine rings is 1. The number of nitrogens with zero attached hydrogens (tertiary/aromatic N) is 3. The molecule has 2 aromatic carbocycles. The molecule has 0 bridgehead atoms. The minimum Gasteiger partial charge on any atom is -0.388 e. The Balaban J connectivity index is 2.00. The largest absolute Gasteiger partial charge is 0.388 e. The van der Waals surface area contributed by atoms with Gasteiger partial charge >= 0.3 is 0 Å². The third kappa shape index (κ3) is 4.26. The van der Waals surface area contributed by atoms with Crippen molar-refractivity contribution in [3.63, 3.8) is 0 Å². The fourth-order valence-corrected chi connectivity index (χ4v) is 3.16. The lowest BCUT2D eigenvalue weighted by atomic mass is 9.99. The fourth-order valence-electron chi connectivity index (χ4n) is 3.16. The number of carbonyl (C=O) groups excluding carboxylic acids is 1. The molecule has 0 saturated heterocycles. The van der Waals surface area contributed by atoms with Crippen LogP contribution in [0.25, 0.3) is 0 Å². The molecule has 5 nitrogen and oxygen atoms in total. The van der Waals surface area contributed by atoms with E-state index in [4.69, 9.17) is 4.99 Å². The van der Waals surface area contributed by atoms with Crippen LogP contribution in [0.2, 0.25) is 0 Å². The van der Waals surface area contributed by atoms with Gasteiger partial charge in [0.25, 0.3) is 0 Å². The first-order chi connectivity index (χ1) is 13.6. The zero-order valence-corrected chi connectivity index (χ0v) is 16.3. The molecule has 0 aliphatic rings. The number of nitrogens with one attached hydrogen (secondary N) is 1. The van der Waals surface area contributed by atoms with Gasteiger partial charge in [-0.1, -0.05) is 36.4 Å². The maximum Gasteiger partial charge on any atom is 0.152 e. The van der Waals surface area contributed by atoms with Crippen molar-refractivity contribution in [1.29, 1.82) is 0 Å². The number of amidine groups is 1. The molecular weight excluding hydrogens is 348 g/mol. The predicted molar refractivity (Wildman–Crippen MR) is 114 cm³/mol. The molecule has 0 fully saturated rings. The lowest BCUT2D eigenvalue weighted by molar-refractivity contribution is 0.112. The first kappa shape index (κ1) is 19.3. The van der Waals surface area contributed by atoms with Crippen LogP contribution in [-0.2, 0) is 0 Å². The van der Waals surface area contributed by atoms with Crippen molar-refractivity contribution in [2.75, 3.05) is 19.4 Å². The Morgan fingerprint density at radius 3 is 2.50 bits per heavy atom. The number of aliphatic imine (C=N–C) groups is 1. The van der Waals surface area contributed by atoms with E-state index in [1.165, 1.54) is 0 Å². The molecule has 1 N–H and O–H groups in total. The molecule has 0 amide bonds. The van der Waals surface area contributed by atoms with Gasteiger partial charge in [-0.15, -0.1) is 0 Å². The van der Waals surface area contributed by atoms with Gasteiger partial charge in [0.15, 0.2) is 6.29 Å². The third-order valence-corrected chi connectivity index (χ3v) is 4.74. The molecule has 5 heteroatoms. The van der Waals surface area contributed by atoms with Gasteiger partial charge in [0.2, 0.25) is 0 Å². The Kier molecular flexibility index (Phi) is 6.17. The van der Waals surface area contributed by atoms with E-state index in [-0.39, 0.29) is 6.04 Å². The van der Waals surface area contributed by atoms with Crippen LogP contribution in [0.5, 0.6) is 0 Å². The van der Waals surface area contributed by atoms with Gasteiger partial charge < -0.3 is 10.2 Å². The van der Waals surface area contributed by atoms with Crippen molar-refractivity contribution in [3.8, 4) is 0 Å². The van der Waals surface area contributed by atoms with Gasteiger partial charge in [0.05, 0.1) is 11.7 Å². The van der Waals surface area contributed by atoms with Crippen LogP contribution in [0.4, 0.5) is 11.4 Å². The molecule has 0 aliphatic heterocycles. The average molecular weight is 372 g/mol. The molecule has 0 radical (unpaired) electrons. The van der Waals surface area contributed by atoms with Gasteiger partial charge in [-0.05, 0) is 42.3 Å². The van der Waals surface area contributed by atoms with E-state index < -0.39 is 0 Å². The highest BCUT2D eigenvalue weighted by Crippen LogP contribution is 2.29. The smallest absolute Gasteiger partial charge is 0.152 e. The van der Waals surface area contributed by atoms with E-state index in [1.807, 2.05) is 63.6 Å². The summed E-state index contributed by atoms with van der Waals surface area (Å²) < 4.78 is 0. The Labute approximate surface area is 165 Å². The van der Waals surface area contributed by atoms with Crippen molar-refractivity contribution in [3.05, 3.63) is 89.7 Å². The van der Waals surface area contributed by atoms with Crippen molar-refractivity contribution in [2.45, 2.75) is 13.0 Å². The highest BCUT2D eigenvalue weighted by atomic mass is 16.1. The highest BCUT2D eigenvalue weighted by molar-refractivity contribution is 5.90. The number of hydrogen-bond donors (Lipinski definition) is 1. The maximum absolute atomic E-state index is 11.5. The molecule has 1 unspecified atom stereocenters. The summed E-state index contributed by atoms with van der Waals surface area (Å²) in [5, 5.41) is 3.04. The summed E-state index contributed by atoms with van der Waals surface area (Å²) in [7, 11) is 3.83. The van der Waals surface area contributed by atoms with Crippen LogP contribution < -0.4 is 5.32 Å². The predicted octanol–water partition coefficient (Wildman–Crippen LogP) is 4.71. The molecule has 1 aromatic heterocycles. The van der Waals surface area contributed by atoms with E-state index in [9.17, 15) is 4.79 Å². The van der Waals surface area contributed by atoms with Crippen LogP contribution in [0, 0.1) is 0 Å². The lowest BCUT2D eigenvalue weighted by Crippen LogP contribution is -2.30. The van der Waals surface area contributed by atoms with Crippen LogP contribution in [0.15, 0.2) is 78.0 Å². The van der Waals surface area contributed by atoms with Gasteiger partial charge in [-0.2, -0.15) is 0 Å². The zero-order valence-electron chi connectivity index (χ0n) is 16.3. The Morgan fingerprint density at radius 1 is 1.11 bits per heavy atom. The molecule has 3 aromatic rings. The molecule has 28 heavy (non-hydrogen) atoms. The van der Waals surface area contributed by atoms with Gasteiger partial charge in [-0.25, -0.2) is 4.99 Å². The van der Waals surface area contributed by atoms with Gasteiger partial charge in [0, 0.05) is 37.7 Å². The normalized spacial score (nSPS) is 12.3. The van der Waals surface area contributed by atoms with Crippen LogP contribution in [0.1, 0.15) is 34.5 Å². The number of carbonyl (C=O) groups is 1. The number of benzene rings is 2. The summed E-state index contributed by atoms with van der Waals surface area (Å²) >= 11 is 0. The second kappa shape index (κ2) is 8.95. The Morgan fingerprint density at radius 2 is 1.86 bits per heavy atom. The second-order valence-electron chi connectivity index (χ2n) is 6.51. The highest BCUT2D eigenvalue weighted by Gasteiger charge is 2.20. The van der Waals surface area contributed by atoms with Crippen LogP contribution in [0.3, 0.4) is 0 Å². The monoisotopic (exact) mass is 372 g/mol. The third-order valence-electron chi connectivity index (χ3n) is 4.74. The number of aldehydes is 1. The van der Waals surface area contributed by atoms with E-state index >= 15 is 0 Å². The average Bonchev–Trinajstić information content (AvgIpc) is 2.75. The quantitative estimate of drug-likeness (QED) is 0.387. The van der Waals surface area contributed by atoms with Gasteiger partial charge in [-0.3, -0.25) is 9.78 Å². The Hall–Kier alpha value is -3.47. The minimum absolute atomic E-state index is 0.0325. The van der Waals surface area contributed by atoms with E-state index in [0.29, 0.717) is 11.3 Å². The lowest BCUT2D eigenvalue weighted by Gasteiger charge is -2.30. The zero-order chi connectivity index (χ0) is 19.9. The van der Waals surface area contributed by atoms with Crippen molar-refractivity contribution < 1.29 is 4.79 Å². The Bertz CT molecular complexity index is 915. The molecule has 0 aliphatic carbocycles. The van der Waals surface area contributed by atoms with E-state index in [0.717, 1.165) is 28.9 Å². The summed E-state index contributed by atoms with van der Waals surface area (Å²) in [5.74, 6) is 0.804. The summed E-state index contributed by atoms with van der Waals surface area (Å²) in [6, 6.07) is 19.8. The fraction of sp³-hybridized carbons (Fsp3) is 0.174. The molecule has 1 heterocycles. The van der Waals surface area contributed by atoms with Crippen LogP contribution in [-0.4, -0.2) is 36.1 Å². The first-order valence-corrected chi connectivity index (χ1v) is 9.14. The van der Waals surface area contributed by atoms with Crippen molar-refractivity contribution in [1.82, 2.24) is 9.88 Å². The molecular formula is C23H24N4O. The number of rotatable bonds is 6. The van der Waals surface area contributed by atoms with E-state index in [1.54, 1.807) is 12.3 Å². The van der Waals surface area contributed by atoms with Gasteiger partial charge in [0.1, 0.15) is 5.84 Å². The molecule has 3 rings (SSSR count). The summed E-state index contributed by atoms with van der Waals surface area (Å²) in [6.07, 6.45) is 4.48. The van der Waals surface area contributed by atoms with Crippen LogP contribution >= 0.6 is 0 Å². The molecule has 0 spiro atoms. The minimum atomic E-state index is -0.0325. The molecule has 142 valence electrons. The number of anilines is 1. The number of hydrogen-bond acceptors (Lipinski definition) is 4. The summed E-state index contributed by atoms with van der Waals surface area (Å²) in [4.78, 5) is 22.6. The summed E-state index contributed by atoms with van der Waals surface area (Å²) in [6.45, 7) is 1.95. The van der Waals surface area contributed by atoms with E-state index in [2.05, 4.69) is 33.4 Å². The molecule has 0 saturated carbocycles.